The molecule has 0 bridgehead atoms. The van der Waals surface area contributed by atoms with Crippen LogP contribution >= 0.6 is 15.9 Å². The van der Waals surface area contributed by atoms with Crippen LogP contribution in [0.15, 0.2) is 46.9 Å². The van der Waals surface area contributed by atoms with E-state index in [-0.39, 0.29) is 17.0 Å². The van der Waals surface area contributed by atoms with E-state index in [0.717, 1.165) is 0 Å². The zero-order valence-corrected chi connectivity index (χ0v) is 11.6. The Hall–Kier alpha value is -2.41. The molecular formula is C13H9BrN2O4. The number of hydrogen-bond acceptors (Lipinski definition) is 4. The molecular weight excluding hydrogens is 328 g/mol. The van der Waals surface area contributed by atoms with Crippen molar-refractivity contribution < 1.29 is 14.8 Å². The third-order valence-electron chi connectivity index (χ3n) is 2.51. The first kappa shape index (κ1) is 14.0. The van der Waals surface area contributed by atoms with Crippen molar-refractivity contribution in [2.45, 2.75) is 0 Å². The smallest absolute Gasteiger partial charge is 0.270 e. The fraction of sp³-hybridized carbons (Fsp3) is 0. The Morgan fingerprint density at radius 2 is 2.00 bits per heavy atom. The molecule has 20 heavy (non-hydrogen) atoms. The van der Waals surface area contributed by atoms with E-state index in [0.29, 0.717) is 10.2 Å². The highest BCUT2D eigenvalue weighted by Crippen LogP contribution is 2.24. The average Bonchev–Trinajstić information content (AvgIpc) is 2.38. The highest BCUT2D eigenvalue weighted by molar-refractivity contribution is 9.10. The fourth-order valence-corrected chi connectivity index (χ4v) is 2.01. The fourth-order valence-electron chi connectivity index (χ4n) is 1.58. The molecule has 7 heteroatoms. The number of phenolic OH excluding ortho intramolecular Hbond substituents is 1. The number of phenols is 1. The van der Waals surface area contributed by atoms with E-state index in [4.69, 9.17) is 0 Å². The van der Waals surface area contributed by atoms with Crippen LogP contribution in [0.3, 0.4) is 0 Å². The number of nitro groups is 1. The number of aromatic hydroxyl groups is 1. The topological polar surface area (TPSA) is 92.5 Å². The molecule has 102 valence electrons. The molecule has 0 unspecified atom stereocenters. The lowest BCUT2D eigenvalue weighted by molar-refractivity contribution is -0.384. The zero-order valence-electron chi connectivity index (χ0n) is 10.0. The molecule has 2 N–H and O–H groups in total. The van der Waals surface area contributed by atoms with Gasteiger partial charge in [0.15, 0.2) is 0 Å². The van der Waals surface area contributed by atoms with E-state index >= 15 is 0 Å². The van der Waals surface area contributed by atoms with Crippen LogP contribution in [-0.2, 0) is 0 Å². The molecule has 1 amide bonds. The monoisotopic (exact) mass is 336 g/mol. The number of non-ortho nitro benzene ring substituents is 1. The lowest BCUT2D eigenvalue weighted by atomic mass is 10.2. The summed E-state index contributed by atoms with van der Waals surface area (Å²) in [7, 11) is 0. The van der Waals surface area contributed by atoms with E-state index in [1.54, 1.807) is 12.1 Å². The first-order valence-corrected chi connectivity index (χ1v) is 6.31. The first-order valence-electron chi connectivity index (χ1n) is 5.51. The van der Waals surface area contributed by atoms with Crippen molar-refractivity contribution in [2.75, 3.05) is 5.32 Å². The highest BCUT2D eigenvalue weighted by Gasteiger charge is 2.15. The highest BCUT2D eigenvalue weighted by atomic mass is 79.9. The molecule has 0 heterocycles. The number of hydrogen-bond donors (Lipinski definition) is 2. The summed E-state index contributed by atoms with van der Waals surface area (Å²) in [6.45, 7) is 0. The Labute approximate surface area is 122 Å². The van der Waals surface area contributed by atoms with Crippen molar-refractivity contribution in [1.82, 2.24) is 0 Å². The Morgan fingerprint density at radius 3 is 2.65 bits per heavy atom. The van der Waals surface area contributed by atoms with Crippen LogP contribution in [0.2, 0.25) is 0 Å². The minimum absolute atomic E-state index is 0.0147. The molecule has 0 aliphatic rings. The second-order valence-corrected chi connectivity index (χ2v) is 4.78. The van der Waals surface area contributed by atoms with Crippen molar-refractivity contribution in [2.24, 2.45) is 0 Å². The largest absolute Gasteiger partial charge is 0.508 e. The van der Waals surface area contributed by atoms with Gasteiger partial charge >= 0.3 is 0 Å². The summed E-state index contributed by atoms with van der Waals surface area (Å²) in [4.78, 5) is 22.2. The molecule has 0 spiro atoms. The Kier molecular flexibility index (Phi) is 3.99. The molecule has 0 saturated carbocycles. The summed E-state index contributed by atoms with van der Waals surface area (Å²) in [5, 5.41) is 22.6. The van der Waals surface area contributed by atoms with Crippen molar-refractivity contribution in [3.05, 3.63) is 62.6 Å². The van der Waals surface area contributed by atoms with Gasteiger partial charge in [-0.2, -0.15) is 0 Å². The summed E-state index contributed by atoms with van der Waals surface area (Å²) in [5.74, 6) is -0.493. The number of rotatable bonds is 3. The zero-order chi connectivity index (χ0) is 14.7. The van der Waals surface area contributed by atoms with Crippen LogP contribution in [0.5, 0.6) is 5.75 Å². The summed E-state index contributed by atoms with van der Waals surface area (Å²) in [6, 6.07) is 9.95. The second-order valence-electron chi connectivity index (χ2n) is 3.93. The molecule has 0 aliphatic heterocycles. The molecule has 0 saturated heterocycles. The molecule has 2 aromatic rings. The van der Waals surface area contributed by atoms with Gasteiger partial charge in [0.25, 0.3) is 11.6 Å². The molecule has 0 fully saturated rings. The van der Waals surface area contributed by atoms with Gasteiger partial charge in [0, 0.05) is 28.4 Å². The number of carbonyl (C=O) groups is 1. The van der Waals surface area contributed by atoms with Gasteiger partial charge in [-0.25, -0.2) is 0 Å². The number of nitrogens with zero attached hydrogens (tertiary/aromatic N) is 1. The Bertz CT molecular complexity index is 688. The molecule has 0 aliphatic carbocycles. The molecule has 0 aromatic heterocycles. The quantitative estimate of drug-likeness (QED) is 0.664. The van der Waals surface area contributed by atoms with Gasteiger partial charge in [0.1, 0.15) is 5.75 Å². The standard InChI is InChI=1S/C13H9BrN2O4/c14-12-5-4-9(16(19)20)7-11(12)13(18)15-8-2-1-3-10(17)6-8/h1-7,17H,(H,15,18). The minimum atomic E-state index is -0.572. The van der Waals surface area contributed by atoms with Crippen LogP contribution in [0.4, 0.5) is 11.4 Å². The van der Waals surface area contributed by atoms with Crippen molar-refractivity contribution in [3.8, 4) is 5.75 Å². The van der Waals surface area contributed by atoms with Gasteiger partial charge in [-0.05, 0) is 34.1 Å². The van der Waals surface area contributed by atoms with Crippen molar-refractivity contribution in [1.29, 1.82) is 0 Å². The van der Waals surface area contributed by atoms with E-state index in [2.05, 4.69) is 21.2 Å². The van der Waals surface area contributed by atoms with Gasteiger partial charge in [0.05, 0.1) is 10.5 Å². The number of carbonyl (C=O) groups excluding carboxylic acids is 1. The Balaban J connectivity index is 2.29. The third kappa shape index (κ3) is 3.12. The number of nitrogens with one attached hydrogen (secondary N) is 1. The molecule has 2 rings (SSSR count). The molecule has 0 atom stereocenters. The summed E-state index contributed by atoms with van der Waals surface area (Å²) in [5.41, 5.74) is 0.366. The maximum Gasteiger partial charge on any atom is 0.270 e. The van der Waals surface area contributed by atoms with Gasteiger partial charge < -0.3 is 10.4 Å². The summed E-state index contributed by atoms with van der Waals surface area (Å²) >= 11 is 3.18. The molecule has 0 radical (unpaired) electrons. The number of halogens is 1. The minimum Gasteiger partial charge on any atom is -0.508 e. The van der Waals surface area contributed by atoms with Crippen LogP contribution in [0.1, 0.15) is 10.4 Å². The molecule has 6 nitrogen and oxygen atoms in total. The van der Waals surface area contributed by atoms with Crippen molar-refractivity contribution in [3.63, 3.8) is 0 Å². The number of amides is 1. The maximum absolute atomic E-state index is 12.1. The SMILES string of the molecule is O=C(Nc1cccc(O)c1)c1cc([N+](=O)[O-])ccc1Br. The van der Waals surface area contributed by atoms with E-state index in [9.17, 15) is 20.0 Å². The van der Waals surface area contributed by atoms with Crippen molar-refractivity contribution >= 4 is 33.2 Å². The average molecular weight is 337 g/mol. The second kappa shape index (κ2) is 5.70. The predicted molar refractivity (Wildman–Crippen MR) is 76.9 cm³/mol. The summed E-state index contributed by atoms with van der Waals surface area (Å²) < 4.78 is 0.445. The van der Waals surface area contributed by atoms with E-state index in [1.165, 1.54) is 30.3 Å². The first-order chi connectivity index (χ1) is 9.47. The van der Waals surface area contributed by atoms with Crippen LogP contribution in [-0.4, -0.2) is 15.9 Å². The van der Waals surface area contributed by atoms with Gasteiger partial charge in [-0.1, -0.05) is 6.07 Å². The number of nitro benzene ring substituents is 1. The van der Waals surface area contributed by atoms with Gasteiger partial charge in [-0.3, -0.25) is 14.9 Å². The third-order valence-corrected chi connectivity index (χ3v) is 3.20. The molecule has 2 aromatic carbocycles. The van der Waals surface area contributed by atoms with Crippen LogP contribution in [0, 0.1) is 10.1 Å². The van der Waals surface area contributed by atoms with E-state index < -0.39 is 10.8 Å². The van der Waals surface area contributed by atoms with Crippen LogP contribution in [0.25, 0.3) is 0 Å². The number of anilines is 1. The van der Waals surface area contributed by atoms with Gasteiger partial charge in [-0.15, -0.1) is 0 Å². The number of benzene rings is 2. The lowest BCUT2D eigenvalue weighted by Crippen LogP contribution is -2.12. The summed E-state index contributed by atoms with van der Waals surface area (Å²) in [6.07, 6.45) is 0. The maximum atomic E-state index is 12.1. The predicted octanol–water partition coefficient (Wildman–Crippen LogP) is 3.32. The van der Waals surface area contributed by atoms with E-state index in [1.807, 2.05) is 0 Å². The van der Waals surface area contributed by atoms with Crippen LogP contribution < -0.4 is 5.32 Å². The Morgan fingerprint density at radius 1 is 1.25 bits per heavy atom. The van der Waals surface area contributed by atoms with Gasteiger partial charge in [0.2, 0.25) is 0 Å². The normalized spacial score (nSPS) is 10.1. The lowest BCUT2D eigenvalue weighted by Gasteiger charge is -2.07.